The summed E-state index contributed by atoms with van der Waals surface area (Å²) in [7, 11) is 3.48. The Labute approximate surface area is 105 Å². The van der Waals surface area contributed by atoms with Gasteiger partial charge in [0.05, 0.1) is 5.75 Å². The minimum atomic E-state index is 0.00703. The zero-order chi connectivity index (χ0) is 12.3. The van der Waals surface area contributed by atoms with E-state index in [4.69, 9.17) is 0 Å². The molecule has 1 aliphatic rings. The van der Waals surface area contributed by atoms with Crippen LogP contribution in [0.1, 0.15) is 24.6 Å². The van der Waals surface area contributed by atoms with Crippen LogP contribution in [-0.4, -0.2) is 35.7 Å². The summed E-state index contributed by atoms with van der Waals surface area (Å²) in [4.78, 5) is 20.1. The van der Waals surface area contributed by atoms with Gasteiger partial charge in [-0.3, -0.25) is 4.79 Å². The first-order valence-electron chi connectivity index (χ1n) is 5.63. The zero-order valence-electron chi connectivity index (χ0n) is 9.99. The summed E-state index contributed by atoms with van der Waals surface area (Å²) in [5.41, 5.74) is 0. The number of amides is 1. The molecule has 1 aromatic heterocycles. The molecule has 1 amide bonds. The van der Waals surface area contributed by atoms with E-state index in [0.717, 1.165) is 16.7 Å². The third-order valence-corrected chi connectivity index (χ3v) is 3.46. The van der Waals surface area contributed by atoms with Crippen LogP contribution in [0.3, 0.4) is 0 Å². The summed E-state index contributed by atoms with van der Waals surface area (Å²) in [5, 5.41) is 6.48. The molecule has 1 saturated carbocycles. The third kappa shape index (κ3) is 3.33. The van der Waals surface area contributed by atoms with Gasteiger partial charge in [-0.2, -0.15) is 0 Å². The van der Waals surface area contributed by atoms with E-state index in [2.05, 4.69) is 20.6 Å². The lowest BCUT2D eigenvalue weighted by Crippen LogP contribution is -2.19. The van der Waals surface area contributed by atoms with Crippen LogP contribution in [0.15, 0.2) is 11.1 Å². The Morgan fingerprint density at radius 2 is 2.24 bits per heavy atom. The predicted octanol–water partition coefficient (Wildman–Crippen LogP) is 1.23. The van der Waals surface area contributed by atoms with E-state index in [1.54, 1.807) is 7.05 Å². The van der Waals surface area contributed by atoms with Gasteiger partial charge in [0, 0.05) is 26.1 Å². The highest BCUT2D eigenvalue weighted by Crippen LogP contribution is 2.39. The maximum Gasteiger partial charge on any atom is 0.230 e. The number of nitrogens with one attached hydrogen (secondary N) is 2. The van der Waals surface area contributed by atoms with Crippen molar-refractivity contribution in [3.05, 3.63) is 11.9 Å². The van der Waals surface area contributed by atoms with Crippen molar-refractivity contribution >= 4 is 23.5 Å². The largest absolute Gasteiger partial charge is 0.373 e. The van der Waals surface area contributed by atoms with Crippen LogP contribution in [0.5, 0.6) is 0 Å². The quantitative estimate of drug-likeness (QED) is 0.609. The number of anilines is 1. The minimum Gasteiger partial charge on any atom is -0.373 e. The van der Waals surface area contributed by atoms with Gasteiger partial charge in [-0.1, -0.05) is 11.8 Å². The summed E-state index contributed by atoms with van der Waals surface area (Å²) >= 11 is 1.44. The number of hydrogen-bond donors (Lipinski definition) is 2. The summed E-state index contributed by atoms with van der Waals surface area (Å²) in [6.07, 6.45) is 2.35. The number of hydrogen-bond acceptors (Lipinski definition) is 5. The van der Waals surface area contributed by atoms with Gasteiger partial charge in [0.2, 0.25) is 5.91 Å². The normalized spacial score (nSPS) is 14.5. The first-order valence-corrected chi connectivity index (χ1v) is 6.61. The van der Waals surface area contributed by atoms with Gasteiger partial charge >= 0.3 is 0 Å². The van der Waals surface area contributed by atoms with Crippen LogP contribution in [-0.2, 0) is 4.79 Å². The lowest BCUT2D eigenvalue weighted by molar-refractivity contribution is -0.118. The molecule has 0 radical (unpaired) electrons. The Balaban J connectivity index is 2.09. The van der Waals surface area contributed by atoms with Gasteiger partial charge in [0.15, 0.2) is 0 Å². The van der Waals surface area contributed by atoms with Crippen molar-refractivity contribution in [3.63, 3.8) is 0 Å². The number of carbonyl (C=O) groups excluding carboxylic acids is 1. The second-order valence-electron chi connectivity index (χ2n) is 3.94. The fourth-order valence-corrected chi connectivity index (χ4v) is 2.16. The highest BCUT2D eigenvalue weighted by atomic mass is 32.2. The van der Waals surface area contributed by atoms with Gasteiger partial charge in [-0.15, -0.1) is 0 Å². The zero-order valence-corrected chi connectivity index (χ0v) is 10.8. The van der Waals surface area contributed by atoms with E-state index < -0.39 is 0 Å². The average molecular weight is 252 g/mol. The maximum absolute atomic E-state index is 11.2. The summed E-state index contributed by atoms with van der Waals surface area (Å²) in [6, 6.07) is 1.87. The minimum absolute atomic E-state index is 0.00703. The molecule has 1 fully saturated rings. The van der Waals surface area contributed by atoms with Crippen molar-refractivity contribution in [1.82, 2.24) is 15.3 Å². The molecule has 1 heterocycles. The summed E-state index contributed by atoms with van der Waals surface area (Å²) in [5.74, 6) is 2.63. The van der Waals surface area contributed by atoms with Crippen LogP contribution < -0.4 is 10.6 Å². The molecule has 0 aliphatic heterocycles. The summed E-state index contributed by atoms with van der Waals surface area (Å²) in [6.45, 7) is 0. The lowest BCUT2D eigenvalue weighted by atomic mass is 10.4. The van der Waals surface area contributed by atoms with E-state index in [-0.39, 0.29) is 5.91 Å². The molecule has 5 nitrogen and oxygen atoms in total. The first-order chi connectivity index (χ1) is 8.22. The monoisotopic (exact) mass is 252 g/mol. The predicted molar refractivity (Wildman–Crippen MR) is 68.3 cm³/mol. The highest BCUT2D eigenvalue weighted by molar-refractivity contribution is 7.99. The van der Waals surface area contributed by atoms with Gasteiger partial charge in [0.25, 0.3) is 0 Å². The molecule has 2 N–H and O–H groups in total. The van der Waals surface area contributed by atoms with Crippen LogP contribution >= 0.6 is 11.8 Å². The SMILES string of the molecule is CNC(=O)CSc1cc(NC)nc(C2CC2)n1. The van der Waals surface area contributed by atoms with Crippen molar-refractivity contribution in [2.45, 2.75) is 23.8 Å². The topological polar surface area (TPSA) is 66.9 Å². The molecule has 0 unspecified atom stereocenters. The number of rotatable bonds is 5. The third-order valence-electron chi connectivity index (χ3n) is 2.55. The Kier molecular flexibility index (Phi) is 3.83. The molecule has 0 aromatic carbocycles. The van der Waals surface area contributed by atoms with Crippen molar-refractivity contribution in [1.29, 1.82) is 0 Å². The molecular formula is C11H16N4OS. The summed E-state index contributed by atoms with van der Waals surface area (Å²) < 4.78 is 0. The second kappa shape index (κ2) is 5.35. The van der Waals surface area contributed by atoms with Crippen molar-refractivity contribution in [2.75, 3.05) is 25.2 Å². The van der Waals surface area contributed by atoms with E-state index in [1.165, 1.54) is 24.6 Å². The molecule has 0 saturated heterocycles. The van der Waals surface area contributed by atoms with E-state index in [0.29, 0.717) is 11.7 Å². The van der Waals surface area contributed by atoms with E-state index >= 15 is 0 Å². The van der Waals surface area contributed by atoms with Gasteiger partial charge in [0.1, 0.15) is 16.7 Å². The Morgan fingerprint density at radius 3 is 2.82 bits per heavy atom. The van der Waals surface area contributed by atoms with Crippen molar-refractivity contribution < 1.29 is 4.79 Å². The lowest BCUT2D eigenvalue weighted by Gasteiger charge is -2.06. The number of nitrogens with zero attached hydrogens (tertiary/aromatic N) is 2. The molecular weight excluding hydrogens is 236 g/mol. The van der Waals surface area contributed by atoms with Crippen LogP contribution in [0.25, 0.3) is 0 Å². The van der Waals surface area contributed by atoms with Crippen molar-refractivity contribution in [3.8, 4) is 0 Å². The van der Waals surface area contributed by atoms with Crippen LogP contribution in [0.4, 0.5) is 5.82 Å². The molecule has 92 valence electrons. The number of carbonyl (C=O) groups is 1. The molecule has 0 atom stereocenters. The smallest absolute Gasteiger partial charge is 0.230 e. The maximum atomic E-state index is 11.2. The van der Waals surface area contributed by atoms with E-state index in [9.17, 15) is 4.79 Å². The molecule has 1 aromatic rings. The van der Waals surface area contributed by atoms with Crippen LogP contribution in [0.2, 0.25) is 0 Å². The van der Waals surface area contributed by atoms with Crippen molar-refractivity contribution in [2.24, 2.45) is 0 Å². The average Bonchev–Trinajstić information content (AvgIpc) is 3.19. The number of aromatic nitrogens is 2. The fraction of sp³-hybridized carbons (Fsp3) is 0.545. The van der Waals surface area contributed by atoms with E-state index in [1.807, 2.05) is 13.1 Å². The van der Waals surface area contributed by atoms with Gasteiger partial charge in [-0.05, 0) is 12.8 Å². The standard InChI is InChI=1S/C11H16N4OS/c1-12-8-5-10(17-6-9(16)13-2)15-11(14-8)7-3-4-7/h5,7H,3-4,6H2,1-2H3,(H,13,16)(H,12,14,15). The second-order valence-corrected chi connectivity index (χ2v) is 4.93. The Hall–Kier alpha value is -1.30. The molecule has 17 heavy (non-hydrogen) atoms. The number of thioether (sulfide) groups is 1. The molecule has 0 spiro atoms. The molecule has 6 heteroatoms. The molecule has 2 rings (SSSR count). The van der Waals surface area contributed by atoms with Gasteiger partial charge in [-0.25, -0.2) is 9.97 Å². The Bertz CT molecular complexity index is 420. The molecule has 1 aliphatic carbocycles. The first kappa shape index (κ1) is 12.2. The van der Waals surface area contributed by atoms with Crippen LogP contribution in [0, 0.1) is 0 Å². The Morgan fingerprint density at radius 1 is 1.47 bits per heavy atom. The molecule has 0 bridgehead atoms. The fourth-order valence-electron chi connectivity index (χ4n) is 1.38. The highest BCUT2D eigenvalue weighted by Gasteiger charge is 2.27. The van der Waals surface area contributed by atoms with Gasteiger partial charge < -0.3 is 10.6 Å².